The van der Waals surface area contributed by atoms with E-state index in [9.17, 15) is 4.79 Å². The standard InChI is InChI=1S/C13H20N4OS/c1-9-10(8-17(2)16-9)7-15-12(18)13(11(14)19)5-3-4-6-13/h8H,3-7H2,1-2H3,(H2,14,19)(H,15,18). The summed E-state index contributed by atoms with van der Waals surface area (Å²) in [6.45, 7) is 2.41. The summed E-state index contributed by atoms with van der Waals surface area (Å²) in [5.74, 6) is -0.0410. The molecule has 0 unspecified atom stereocenters. The molecule has 0 radical (unpaired) electrons. The second kappa shape index (κ2) is 5.28. The monoisotopic (exact) mass is 280 g/mol. The van der Waals surface area contributed by atoms with Gasteiger partial charge < -0.3 is 11.1 Å². The number of nitrogens with zero attached hydrogens (tertiary/aromatic N) is 2. The molecule has 0 aliphatic heterocycles. The van der Waals surface area contributed by atoms with E-state index in [1.807, 2.05) is 20.2 Å². The summed E-state index contributed by atoms with van der Waals surface area (Å²) in [5.41, 5.74) is 7.11. The van der Waals surface area contributed by atoms with Crippen molar-refractivity contribution in [2.75, 3.05) is 0 Å². The number of carbonyl (C=O) groups is 1. The number of carbonyl (C=O) groups excluding carboxylic acids is 1. The third-order valence-electron chi connectivity index (χ3n) is 3.92. The molecule has 1 heterocycles. The Labute approximate surface area is 118 Å². The summed E-state index contributed by atoms with van der Waals surface area (Å²) in [7, 11) is 1.87. The largest absolute Gasteiger partial charge is 0.392 e. The molecule has 1 aliphatic rings. The number of thiocarbonyl (C=S) groups is 1. The molecule has 5 nitrogen and oxygen atoms in total. The minimum atomic E-state index is -0.633. The van der Waals surface area contributed by atoms with Crippen LogP contribution in [0.3, 0.4) is 0 Å². The maximum Gasteiger partial charge on any atom is 0.233 e. The zero-order valence-corrected chi connectivity index (χ0v) is 12.2. The minimum absolute atomic E-state index is 0.0410. The summed E-state index contributed by atoms with van der Waals surface area (Å²) < 4.78 is 1.75. The Balaban J connectivity index is 2.04. The molecule has 1 saturated carbocycles. The summed E-state index contributed by atoms with van der Waals surface area (Å²) in [6, 6.07) is 0. The molecular formula is C13H20N4OS. The van der Waals surface area contributed by atoms with Crippen molar-refractivity contribution in [2.24, 2.45) is 18.2 Å². The van der Waals surface area contributed by atoms with Gasteiger partial charge in [0, 0.05) is 25.4 Å². The van der Waals surface area contributed by atoms with E-state index < -0.39 is 5.41 Å². The molecule has 1 aromatic rings. The lowest BCUT2D eigenvalue weighted by Crippen LogP contribution is -2.47. The molecule has 1 aromatic heterocycles. The van der Waals surface area contributed by atoms with Crippen molar-refractivity contribution in [1.29, 1.82) is 0 Å². The highest BCUT2D eigenvalue weighted by atomic mass is 32.1. The number of rotatable bonds is 4. The Hall–Kier alpha value is -1.43. The molecule has 1 fully saturated rings. The normalized spacial score (nSPS) is 17.4. The molecule has 0 spiro atoms. The molecule has 19 heavy (non-hydrogen) atoms. The van der Waals surface area contributed by atoms with Crippen LogP contribution in [0.25, 0.3) is 0 Å². The van der Waals surface area contributed by atoms with Crippen molar-refractivity contribution in [3.05, 3.63) is 17.5 Å². The summed E-state index contributed by atoms with van der Waals surface area (Å²) >= 11 is 5.10. The number of hydrogen-bond acceptors (Lipinski definition) is 3. The molecule has 0 bridgehead atoms. The number of nitrogens with two attached hydrogens (primary N) is 1. The van der Waals surface area contributed by atoms with Crippen LogP contribution in [0.1, 0.15) is 36.9 Å². The van der Waals surface area contributed by atoms with Crippen LogP contribution in [-0.4, -0.2) is 20.7 Å². The first-order chi connectivity index (χ1) is 8.95. The van der Waals surface area contributed by atoms with Crippen LogP contribution in [0.2, 0.25) is 0 Å². The quantitative estimate of drug-likeness (QED) is 0.813. The third kappa shape index (κ3) is 2.63. The Morgan fingerprint density at radius 1 is 1.58 bits per heavy atom. The predicted molar refractivity (Wildman–Crippen MR) is 77.5 cm³/mol. The van der Waals surface area contributed by atoms with Gasteiger partial charge in [0.05, 0.1) is 16.1 Å². The van der Waals surface area contributed by atoms with Gasteiger partial charge in [-0.3, -0.25) is 9.48 Å². The zero-order valence-electron chi connectivity index (χ0n) is 11.4. The second-order valence-electron chi connectivity index (χ2n) is 5.25. The first kappa shape index (κ1) is 14.0. The molecule has 0 saturated heterocycles. The first-order valence-corrected chi connectivity index (χ1v) is 6.94. The number of aromatic nitrogens is 2. The zero-order chi connectivity index (χ0) is 14.0. The Kier molecular flexibility index (Phi) is 3.89. The average Bonchev–Trinajstić information content (AvgIpc) is 2.94. The molecule has 1 aliphatic carbocycles. The fourth-order valence-electron chi connectivity index (χ4n) is 2.73. The fourth-order valence-corrected chi connectivity index (χ4v) is 3.03. The molecule has 104 valence electrons. The molecule has 1 amide bonds. The molecule has 3 N–H and O–H groups in total. The summed E-state index contributed by atoms with van der Waals surface area (Å²) in [6.07, 6.45) is 5.46. The number of hydrogen-bond donors (Lipinski definition) is 2. The van der Waals surface area contributed by atoms with Crippen molar-refractivity contribution in [3.63, 3.8) is 0 Å². The smallest absolute Gasteiger partial charge is 0.233 e. The van der Waals surface area contributed by atoms with Crippen LogP contribution in [-0.2, 0) is 18.4 Å². The van der Waals surface area contributed by atoms with Crippen molar-refractivity contribution >= 4 is 23.1 Å². The predicted octanol–water partition coefficient (Wildman–Crippen LogP) is 1.19. The SMILES string of the molecule is Cc1nn(C)cc1CNC(=O)C1(C(N)=S)CCCC1. The summed E-state index contributed by atoms with van der Waals surface area (Å²) in [4.78, 5) is 12.7. The molecule has 6 heteroatoms. The Bertz CT molecular complexity index is 503. The average molecular weight is 280 g/mol. The molecule has 2 rings (SSSR count). The summed E-state index contributed by atoms with van der Waals surface area (Å²) in [5, 5.41) is 7.21. The number of amides is 1. The molecule has 0 atom stereocenters. The molecule has 0 aromatic carbocycles. The van der Waals surface area contributed by atoms with Gasteiger partial charge in [0.15, 0.2) is 0 Å². The van der Waals surface area contributed by atoms with Crippen LogP contribution in [0.5, 0.6) is 0 Å². The van der Waals surface area contributed by atoms with Crippen molar-refractivity contribution in [3.8, 4) is 0 Å². The number of nitrogens with one attached hydrogen (secondary N) is 1. The highest BCUT2D eigenvalue weighted by molar-refractivity contribution is 7.80. The Morgan fingerprint density at radius 2 is 2.21 bits per heavy atom. The van der Waals surface area contributed by atoms with Gasteiger partial charge in [-0.1, -0.05) is 25.1 Å². The van der Waals surface area contributed by atoms with Gasteiger partial charge in [-0.2, -0.15) is 5.10 Å². The minimum Gasteiger partial charge on any atom is -0.392 e. The highest BCUT2D eigenvalue weighted by Gasteiger charge is 2.43. The maximum absolute atomic E-state index is 12.4. The van der Waals surface area contributed by atoms with Crippen LogP contribution < -0.4 is 11.1 Å². The van der Waals surface area contributed by atoms with Gasteiger partial charge in [-0.15, -0.1) is 0 Å². The van der Waals surface area contributed by atoms with E-state index in [0.29, 0.717) is 11.5 Å². The Morgan fingerprint density at radius 3 is 2.68 bits per heavy atom. The van der Waals surface area contributed by atoms with E-state index in [-0.39, 0.29) is 5.91 Å². The van der Waals surface area contributed by atoms with Gasteiger partial charge in [0.25, 0.3) is 0 Å². The van der Waals surface area contributed by atoms with E-state index in [1.54, 1.807) is 4.68 Å². The number of aryl methyl sites for hydroxylation is 2. The second-order valence-corrected chi connectivity index (χ2v) is 5.69. The van der Waals surface area contributed by atoms with Crippen molar-refractivity contribution in [2.45, 2.75) is 39.2 Å². The van der Waals surface area contributed by atoms with Gasteiger partial charge in [0.2, 0.25) is 5.91 Å². The van der Waals surface area contributed by atoms with E-state index in [2.05, 4.69) is 10.4 Å². The van der Waals surface area contributed by atoms with E-state index in [4.69, 9.17) is 18.0 Å². The van der Waals surface area contributed by atoms with Crippen molar-refractivity contribution < 1.29 is 4.79 Å². The van der Waals surface area contributed by atoms with E-state index >= 15 is 0 Å². The van der Waals surface area contributed by atoms with Crippen LogP contribution >= 0.6 is 12.2 Å². The lowest BCUT2D eigenvalue weighted by Gasteiger charge is -2.26. The highest BCUT2D eigenvalue weighted by Crippen LogP contribution is 2.38. The van der Waals surface area contributed by atoms with E-state index in [0.717, 1.165) is 36.9 Å². The van der Waals surface area contributed by atoms with Crippen LogP contribution in [0.4, 0.5) is 0 Å². The fraction of sp³-hybridized carbons (Fsp3) is 0.615. The van der Waals surface area contributed by atoms with Gasteiger partial charge >= 0.3 is 0 Å². The lowest BCUT2D eigenvalue weighted by molar-refractivity contribution is -0.127. The topological polar surface area (TPSA) is 72.9 Å². The van der Waals surface area contributed by atoms with E-state index in [1.165, 1.54) is 0 Å². The van der Waals surface area contributed by atoms with Crippen molar-refractivity contribution in [1.82, 2.24) is 15.1 Å². The van der Waals surface area contributed by atoms with Gasteiger partial charge in [-0.05, 0) is 19.8 Å². The van der Waals surface area contributed by atoms with Gasteiger partial charge in [-0.25, -0.2) is 0 Å². The third-order valence-corrected chi connectivity index (χ3v) is 4.31. The van der Waals surface area contributed by atoms with Crippen LogP contribution in [0, 0.1) is 12.3 Å². The maximum atomic E-state index is 12.4. The molecular weight excluding hydrogens is 260 g/mol. The van der Waals surface area contributed by atoms with Crippen LogP contribution in [0.15, 0.2) is 6.20 Å². The first-order valence-electron chi connectivity index (χ1n) is 6.53. The van der Waals surface area contributed by atoms with Gasteiger partial charge in [0.1, 0.15) is 0 Å². The lowest BCUT2D eigenvalue weighted by atomic mass is 9.85.